The Balaban J connectivity index is 1.36. The molecule has 1 aromatic carbocycles. The van der Waals surface area contributed by atoms with Crippen molar-refractivity contribution in [2.45, 2.75) is 58.4 Å². The van der Waals surface area contributed by atoms with Gasteiger partial charge in [0, 0.05) is 11.6 Å². The van der Waals surface area contributed by atoms with E-state index in [0.29, 0.717) is 28.7 Å². The molecule has 4 saturated carbocycles. The van der Waals surface area contributed by atoms with E-state index in [2.05, 4.69) is 33.5 Å². The van der Waals surface area contributed by atoms with Gasteiger partial charge in [0.25, 0.3) is 5.91 Å². The van der Waals surface area contributed by atoms with Crippen LogP contribution < -0.4 is 15.4 Å². The molecule has 5 rings (SSSR count). The average Bonchev–Trinajstić information content (AvgIpc) is 2.62. The highest BCUT2D eigenvalue weighted by atomic mass is 79.9. The number of carbonyl (C=O) groups is 1. The minimum absolute atomic E-state index is 0.195. The highest BCUT2D eigenvalue weighted by Gasteiger charge is 2.53. The molecule has 0 radical (unpaired) electrons. The molecule has 1 aromatic rings. The van der Waals surface area contributed by atoms with E-state index in [1.165, 1.54) is 38.5 Å². The molecule has 4 nitrogen and oxygen atoms in total. The number of halogens is 1. The maximum atomic E-state index is 12.6. The third kappa shape index (κ3) is 3.95. The van der Waals surface area contributed by atoms with Crippen molar-refractivity contribution >= 4 is 39.2 Å². The first-order valence-electron chi connectivity index (χ1n) is 10.4. The summed E-state index contributed by atoms with van der Waals surface area (Å²) in [5, 5.41) is 6.73. The average molecular weight is 465 g/mol. The first-order chi connectivity index (χ1) is 13.4. The highest BCUT2D eigenvalue weighted by molar-refractivity contribution is 9.10. The standard InChI is InChI=1S/C22H29BrN2O2S/c1-3-27-19-5-4-17(9-18(19)23)20(26)25-21(28)24-13(2)22-10-14-6-15(11-22)8-16(7-14)12-22/h4-5,9,13-16H,3,6-8,10-12H2,1-2H3,(H2,24,25,26,28). The van der Waals surface area contributed by atoms with Gasteiger partial charge in [-0.3, -0.25) is 10.1 Å². The zero-order valence-electron chi connectivity index (χ0n) is 16.6. The maximum Gasteiger partial charge on any atom is 0.257 e. The number of hydrogen-bond donors (Lipinski definition) is 2. The van der Waals surface area contributed by atoms with Crippen LogP contribution in [0.15, 0.2) is 22.7 Å². The number of ether oxygens (including phenoxy) is 1. The second-order valence-corrected chi connectivity index (χ2v) is 10.3. The van der Waals surface area contributed by atoms with Crippen LogP contribution in [-0.2, 0) is 0 Å². The first kappa shape index (κ1) is 20.1. The van der Waals surface area contributed by atoms with Gasteiger partial charge in [0.15, 0.2) is 5.11 Å². The SMILES string of the molecule is CCOc1ccc(C(=O)NC(=S)NC(C)C23CC4CC(CC(C4)C2)C3)cc1Br. The monoisotopic (exact) mass is 464 g/mol. The van der Waals surface area contributed by atoms with E-state index < -0.39 is 0 Å². The Morgan fingerprint density at radius 1 is 1.25 bits per heavy atom. The van der Waals surface area contributed by atoms with Crippen molar-refractivity contribution in [3.05, 3.63) is 28.2 Å². The molecule has 6 heteroatoms. The molecule has 0 saturated heterocycles. The predicted octanol–water partition coefficient (Wildman–Crippen LogP) is 5.06. The Hall–Kier alpha value is -1.14. The summed E-state index contributed by atoms with van der Waals surface area (Å²) in [7, 11) is 0. The summed E-state index contributed by atoms with van der Waals surface area (Å²) in [5.41, 5.74) is 0.910. The molecule has 0 heterocycles. The van der Waals surface area contributed by atoms with Crippen molar-refractivity contribution in [1.29, 1.82) is 0 Å². The smallest absolute Gasteiger partial charge is 0.257 e. The quantitative estimate of drug-likeness (QED) is 0.598. The minimum Gasteiger partial charge on any atom is -0.493 e. The second kappa shape index (κ2) is 7.94. The van der Waals surface area contributed by atoms with Crippen LogP contribution in [0.5, 0.6) is 5.75 Å². The van der Waals surface area contributed by atoms with Gasteiger partial charge in [-0.1, -0.05) is 0 Å². The van der Waals surface area contributed by atoms with E-state index in [1.807, 2.05) is 6.92 Å². The number of rotatable bonds is 5. The third-order valence-corrected chi connectivity index (χ3v) is 7.91. The van der Waals surface area contributed by atoms with Gasteiger partial charge in [-0.15, -0.1) is 0 Å². The van der Waals surface area contributed by atoms with Crippen LogP contribution >= 0.6 is 28.1 Å². The number of thiocarbonyl (C=S) groups is 1. The lowest BCUT2D eigenvalue weighted by Gasteiger charge is -2.59. The first-order valence-corrected chi connectivity index (χ1v) is 11.6. The van der Waals surface area contributed by atoms with E-state index >= 15 is 0 Å². The van der Waals surface area contributed by atoms with Crippen LogP contribution in [0, 0.1) is 23.2 Å². The normalized spacial score (nSPS) is 31.3. The molecule has 2 N–H and O–H groups in total. The summed E-state index contributed by atoms with van der Waals surface area (Å²) in [5.74, 6) is 3.24. The molecule has 4 fully saturated rings. The van der Waals surface area contributed by atoms with Crippen LogP contribution in [0.4, 0.5) is 0 Å². The van der Waals surface area contributed by atoms with Crippen LogP contribution in [-0.4, -0.2) is 23.7 Å². The van der Waals surface area contributed by atoms with E-state index in [9.17, 15) is 4.79 Å². The predicted molar refractivity (Wildman–Crippen MR) is 119 cm³/mol. The minimum atomic E-state index is -0.195. The van der Waals surface area contributed by atoms with E-state index in [0.717, 1.165) is 28.0 Å². The number of carbonyl (C=O) groups excluding carboxylic acids is 1. The molecular formula is C22H29BrN2O2S. The van der Waals surface area contributed by atoms with Gasteiger partial charge in [0.1, 0.15) is 5.75 Å². The molecule has 4 bridgehead atoms. The molecule has 28 heavy (non-hydrogen) atoms. The topological polar surface area (TPSA) is 50.4 Å². The highest BCUT2D eigenvalue weighted by Crippen LogP contribution is 2.61. The largest absolute Gasteiger partial charge is 0.493 e. The number of amides is 1. The molecule has 1 atom stereocenters. The Labute approximate surface area is 181 Å². The molecule has 4 aliphatic carbocycles. The summed E-state index contributed by atoms with van der Waals surface area (Å²) in [4.78, 5) is 12.6. The second-order valence-electron chi connectivity index (χ2n) is 9.01. The molecule has 152 valence electrons. The molecule has 1 amide bonds. The van der Waals surface area contributed by atoms with Gasteiger partial charge in [0.2, 0.25) is 0 Å². The van der Waals surface area contributed by atoms with Gasteiger partial charge in [-0.2, -0.15) is 0 Å². The van der Waals surface area contributed by atoms with Crippen LogP contribution in [0.1, 0.15) is 62.7 Å². The molecule has 0 spiro atoms. The molecule has 0 aromatic heterocycles. The Morgan fingerprint density at radius 3 is 2.39 bits per heavy atom. The zero-order valence-corrected chi connectivity index (χ0v) is 19.0. The fourth-order valence-corrected chi connectivity index (χ4v) is 6.95. The van der Waals surface area contributed by atoms with E-state index in [1.54, 1.807) is 18.2 Å². The van der Waals surface area contributed by atoms with Crippen LogP contribution in [0.25, 0.3) is 0 Å². The summed E-state index contributed by atoms with van der Waals surface area (Å²) in [6.45, 7) is 4.77. The number of benzene rings is 1. The van der Waals surface area contributed by atoms with Gasteiger partial charge in [0.05, 0.1) is 11.1 Å². The van der Waals surface area contributed by atoms with Crippen LogP contribution in [0.3, 0.4) is 0 Å². The fourth-order valence-electron chi connectivity index (χ4n) is 6.18. The van der Waals surface area contributed by atoms with E-state index in [-0.39, 0.29) is 5.91 Å². The van der Waals surface area contributed by atoms with Gasteiger partial charge >= 0.3 is 0 Å². The number of hydrogen-bond acceptors (Lipinski definition) is 3. The molecule has 1 unspecified atom stereocenters. The molecular weight excluding hydrogens is 436 g/mol. The van der Waals surface area contributed by atoms with Gasteiger partial charge < -0.3 is 10.1 Å². The Morgan fingerprint density at radius 2 is 1.86 bits per heavy atom. The summed E-state index contributed by atoms with van der Waals surface area (Å²) < 4.78 is 6.27. The van der Waals surface area contributed by atoms with Crippen molar-refractivity contribution < 1.29 is 9.53 Å². The van der Waals surface area contributed by atoms with Gasteiger partial charge in [-0.25, -0.2) is 0 Å². The lowest BCUT2D eigenvalue weighted by molar-refractivity contribution is -0.0672. The lowest BCUT2D eigenvalue weighted by atomic mass is 9.48. The third-order valence-electron chi connectivity index (χ3n) is 7.07. The van der Waals surface area contributed by atoms with Gasteiger partial charge in [-0.05, 0) is 122 Å². The van der Waals surface area contributed by atoms with Crippen molar-refractivity contribution in [3.8, 4) is 5.75 Å². The number of nitrogens with one attached hydrogen (secondary N) is 2. The van der Waals surface area contributed by atoms with Crippen LogP contribution in [0.2, 0.25) is 0 Å². The lowest BCUT2D eigenvalue weighted by Crippen LogP contribution is -2.57. The van der Waals surface area contributed by atoms with Crippen molar-refractivity contribution in [2.75, 3.05) is 6.61 Å². The molecule has 4 aliphatic rings. The van der Waals surface area contributed by atoms with Crippen molar-refractivity contribution in [2.24, 2.45) is 23.2 Å². The maximum absolute atomic E-state index is 12.6. The Kier molecular flexibility index (Phi) is 5.71. The van der Waals surface area contributed by atoms with Crippen molar-refractivity contribution in [1.82, 2.24) is 10.6 Å². The summed E-state index contributed by atoms with van der Waals surface area (Å²) in [6, 6.07) is 5.62. The zero-order chi connectivity index (χ0) is 19.9. The van der Waals surface area contributed by atoms with E-state index in [4.69, 9.17) is 17.0 Å². The molecule has 0 aliphatic heterocycles. The Bertz CT molecular complexity index is 747. The van der Waals surface area contributed by atoms with Crippen molar-refractivity contribution in [3.63, 3.8) is 0 Å². The summed E-state index contributed by atoms with van der Waals surface area (Å²) in [6.07, 6.45) is 8.24. The fraction of sp³-hybridized carbons (Fsp3) is 0.636. The summed E-state index contributed by atoms with van der Waals surface area (Å²) >= 11 is 8.94.